The maximum absolute atomic E-state index is 12.7. The number of nitrogens with zero attached hydrogens (tertiary/aromatic N) is 3. The van der Waals surface area contributed by atoms with E-state index in [0.717, 1.165) is 48.4 Å². The topological polar surface area (TPSA) is 46.1 Å². The Morgan fingerprint density at radius 2 is 2.04 bits per heavy atom. The molecule has 4 nitrogen and oxygen atoms in total. The monoisotopic (exact) mass is 371 g/mol. The second kappa shape index (κ2) is 8.34. The predicted molar refractivity (Wildman–Crippen MR) is 111 cm³/mol. The highest BCUT2D eigenvalue weighted by molar-refractivity contribution is 5.78. The standard InChI is InChI=1S/C24H25N3O/c1-18-6-2-8-20(14-18)22-10-3-11-23(26-22)21-9-5-13-27(17-21)24(28)15-19-7-4-12-25-16-19/h2-4,6-8,10-12,14,16,21H,5,9,13,15,17H2,1H3/t21-/m0/s1. The molecule has 0 aliphatic carbocycles. The lowest BCUT2D eigenvalue weighted by Gasteiger charge is -2.32. The molecule has 1 aliphatic heterocycles. The van der Waals surface area contributed by atoms with Crippen LogP contribution in [0.15, 0.2) is 67.0 Å². The number of benzene rings is 1. The maximum atomic E-state index is 12.7. The van der Waals surface area contributed by atoms with Gasteiger partial charge in [-0.15, -0.1) is 0 Å². The molecule has 0 saturated carbocycles. The van der Waals surface area contributed by atoms with Crippen LogP contribution in [0, 0.1) is 6.92 Å². The van der Waals surface area contributed by atoms with Crippen molar-refractivity contribution in [2.45, 2.75) is 32.1 Å². The van der Waals surface area contributed by atoms with Gasteiger partial charge in [-0.3, -0.25) is 14.8 Å². The highest BCUT2D eigenvalue weighted by atomic mass is 16.2. The van der Waals surface area contributed by atoms with Gasteiger partial charge in [-0.25, -0.2) is 0 Å². The third-order valence-electron chi connectivity index (χ3n) is 5.35. The molecule has 2 aromatic heterocycles. The molecular formula is C24H25N3O. The number of aromatic nitrogens is 2. The van der Waals surface area contributed by atoms with Gasteiger partial charge in [0.25, 0.3) is 0 Å². The molecule has 3 heterocycles. The van der Waals surface area contributed by atoms with Crippen LogP contribution in [0.4, 0.5) is 0 Å². The van der Waals surface area contributed by atoms with Crippen molar-refractivity contribution in [1.82, 2.24) is 14.9 Å². The summed E-state index contributed by atoms with van der Waals surface area (Å²) in [4.78, 5) is 23.8. The maximum Gasteiger partial charge on any atom is 0.227 e. The Labute approximate surface area is 166 Å². The van der Waals surface area contributed by atoms with Crippen molar-refractivity contribution in [2.75, 3.05) is 13.1 Å². The molecule has 3 aromatic rings. The van der Waals surface area contributed by atoms with E-state index in [1.807, 2.05) is 17.0 Å². The molecule has 0 N–H and O–H groups in total. The highest BCUT2D eigenvalue weighted by Crippen LogP contribution is 2.28. The van der Waals surface area contributed by atoms with Gasteiger partial charge in [0.05, 0.1) is 12.1 Å². The first-order valence-corrected chi connectivity index (χ1v) is 9.90. The molecule has 0 spiro atoms. The highest BCUT2D eigenvalue weighted by Gasteiger charge is 2.25. The van der Waals surface area contributed by atoms with Crippen LogP contribution < -0.4 is 0 Å². The molecular weight excluding hydrogens is 346 g/mol. The van der Waals surface area contributed by atoms with Crippen molar-refractivity contribution in [2.24, 2.45) is 0 Å². The lowest BCUT2D eigenvalue weighted by atomic mass is 9.93. The average molecular weight is 371 g/mol. The number of aryl methyl sites for hydroxylation is 1. The number of hydrogen-bond donors (Lipinski definition) is 0. The molecule has 1 fully saturated rings. The first-order valence-electron chi connectivity index (χ1n) is 9.90. The van der Waals surface area contributed by atoms with Gasteiger partial charge in [-0.05, 0) is 49.6 Å². The summed E-state index contributed by atoms with van der Waals surface area (Å²) in [5, 5.41) is 0. The molecule has 1 atom stereocenters. The number of amides is 1. The van der Waals surface area contributed by atoms with Gasteiger partial charge in [0.2, 0.25) is 5.91 Å². The Kier molecular flexibility index (Phi) is 5.47. The zero-order valence-electron chi connectivity index (χ0n) is 16.2. The van der Waals surface area contributed by atoms with Crippen LogP contribution in [-0.2, 0) is 11.2 Å². The van der Waals surface area contributed by atoms with Gasteiger partial charge in [0.1, 0.15) is 0 Å². The van der Waals surface area contributed by atoms with Crippen LogP contribution in [-0.4, -0.2) is 33.9 Å². The van der Waals surface area contributed by atoms with E-state index in [1.165, 1.54) is 5.56 Å². The second-order valence-corrected chi connectivity index (χ2v) is 7.53. The number of likely N-dealkylation sites (tertiary alicyclic amines) is 1. The predicted octanol–water partition coefficient (Wildman–Crippen LogP) is 4.40. The zero-order chi connectivity index (χ0) is 19.3. The summed E-state index contributed by atoms with van der Waals surface area (Å²) >= 11 is 0. The fraction of sp³-hybridized carbons (Fsp3) is 0.292. The Bertz CT molecular complexity index is 955. The molecule has 0 bridgehead atoms. The van der Waals surface area contributed by atoms with Gasteiger partial charge < -0.3 is 4.90 Å². The number of pyridine rings is 2. The third-order valence-corrected chi connectivity index (χ3v) is 5.35. The smallest absolute Gasteiger partial charge is 0.227 e. The van der Waals surface area contributed by atoms with E-state index in [4.69, 9.17) is 4.98 Å². The van der Waals surface area contributed by atoms with Crippen molar-refractivity contribution < 1.29 is 4.79 Å². The number of rotatable bonds is 4. The van der Waals surface area contributed by atoms with E-state index in [-0.39, 0.29) is 11.8 Å². The van der Waals surface area contributed by atoms with Crippen molar-refractivity contribution in [3.63, 3.8) is 0 Å². The van der Waals surface area contributed by atoms with E-state index in [1.54, 1.807) is 12.4 Å². The number of carbonyl (C=O) groups is 1. The fourth-order valence-electron chi connectivity index (χ4n) is 3.88. The molecule has 0 unspecified atom stereocenters. The van der Waals surface area contributed by atoms with Crippen molar-refractivity contribution >= 4 is 5.91 Å². The molecule has 4 rings (SSSR count). The lowest BCUT2D eigenvalue weighted by molar-refractivity contribution is -0.131. The molecule has 142 valence electrons. The molecule has 4 heteroatoms. The minimum absolute atomic E-state index is 0.174. The quantitative estimate of drug-likeness (QED) is 0.683. The number of carbonyl (C=O) groups excluding carboxylic acids is 1. The van der Waals surface area contributed by atoms with Gasteiger partial charge in [-0.2, -0.15) is 0 Å². The zero-order valence-corrected chi connectivity index (χ0v) is 16.2. The van der Waals surface area contributed by atoms with Crippen LogP contribution in [0.5, 0.6) is 0 Å². The molecule has 28 heavy (non-hydrogen) atoms. The van der Waals surface area contributed by atoms with E-state index in [0.29, 0.717) is 6.42 Å². The average Bonchev–Trinajstić information content (AvgIpc) is 2.75. The summed E-state index contributed by atoms with van der Waals surface area (Å²) in [5.41, 5.74) is 5.42. The van der Waals surface area contributed by atoms with Gasteiger partial charge in [0.15, 0.2) is 0 Å². The molecule has 0 radical (unpaired) electrons. The van der Waals surface area contributed by atoms with Crippen LogP contribution >= 0.6 is 0 Å². The first kappa shape index (κ1) is 18.4. The Morgan fingerprint density at radius 1 is 1.14 bits per heavy atom. The number of hydrogen-bond acceptors (Lipinski definition) is 3. The normalized spacial score (nSPS) is 16.8. The summed E-state index contributed by atoms with van der Waals surface area (Å²) in [7, 11) is 0. The van der Waals surface area contributed by atoms with Gasteiger partial charge in [0, 0.05) is 42.7 Å². The summed E-state index contributed by atoms with van der Waals surface area (Å²) in [6.07, 6.45) is 6.00. The van der Waals surface area contributed by atoms with E-state index in [2.05, 4.69) is 54.4 Å². The minimum atomic E-state index is 0.174. The lowest BCUT2D eigenvalue weighted by Crippen LogP contribution is -2.40. The van der Waals surface area contributed by atoms with Crippen LogP contribution in [0.1, 0.15) is 35.6 Å². The van der Waals surface area contributed by atoms with Gasteiger partial charge in [-0.1, -0.05) is 35.9 Å². The van der Waals surface area contributed by atoms with Crippen LogP contribution in [0.3, 0.4) is 0 Å². The van der Waals surface area contributed by atoms with Crippen LogP contribution in [0.2, 0.25) is 0 Å². The molecule has 1 aliphatic rings. The van der Waals surface area contributed by atoms with Crippen LogP contribution in [0.25, 0.3) is 11.3 Å². The Balaban J connectivity index is 1.49. The van der Waals surface area contributed by atoms with Crippen molar-refractivity contribution in [3.8, 4) is 11.3 Å². The summed E-state index contributed by atoms with van der Waals surface area (Å²) < 4.78 is 0. The third kappa shape index (κ3) is 4.28. The second-order valence-electron chi connectivity index (χ2n) is 7.53. The van der Waals surface area contributed by atoms with E-state index in [9.17, 15) is 4.79 Å². The summed E-state index contributed by atoms with van der Waals surface area (Å²) in [6.45, 7) is 3.66. The number of piperidine rings is 1. The van der Waals surface area contributed by atoms with Crippen molar-refractivity contribution in [1.29, 1.82) is 0 Å². The molecule has 1 amide bonds. The Hall–Kier alpha value is -3.01. The van der Waals surface area contributed by atoms with E-state index < -0.39 is 0 Å². The van der Waals surface area contributed by atoms with Crippen molar-refractivity contribution in [3.05, 3.63) is 83.8 Å². The first-order chi connectivity index (χ1) is 13.7. The Morgan fingerprint density at radius 3 is 2.86 bits per heavy atom. The molecule has 1 aromatic carbocycles. The fourth-order valence-corrected chi connectivity index (χ4v) is 3.88. The minimum Gasteiger partial charge on any atom is -0.342 e. The van der Waals surface area contributed by atoms with E-state index >= 15 is 0 Å². The summed E-state index contributed by atoms with van der Waals surface area (Å²) in [6, 6.07) is 18.5. The molecule has 1 saturated heterocycles. The largest absolute Gasteiger partial charge is 0.342 e. The van der Waals surface area contributed by atoms with Gasteiger partial charge >= 0.3 is 0 Å². The SMILES string of the molecule is Cc1cccc(-c2cccc([C@H]3CCCN(C(=O)Cc4cccnc4)C3)n2)c1. The summed E-state index contributed by atoms with van der Waals surface area (Å²) in [5.74, 6) is 0.462.